The molecule has 90 valence electrons. The smallest absolute Gasteiger partial charge is 0.304 e. The van der Waals surface area contributed by atoms with Crippen LogP contribution in [0, 0.1) is 0 Å². The second-order valence-corrected chi connectivity index (χ2v) is 3.98. The number of hydrogen-bond acceptors (Lipinski definition) is 2. The Hall–Kier alpha value is -1.10. The molecule has 0 aromatic carbocycles. The van der Waals surface area contributed by atoms with Crippen molar-refractivity contribution in [3.63, 3.8) is 0 Å². The van der Waals surface area contributed by atoms with Crippen LogP contribution < -0.4 is 5.32 Å². The summed E-state index contributed by atoms with van der Waals surface area (Å²) >= 11 is 0. The molecule has 1 aromatic heterocycles. The Bertz CT molecular complexity index is 309. The van der Waals surface area contributed by atoms with E-state index in [2.05, 4.69) is 10.3 Å². The fourth-order valence-electron chi connectivity index (χ4n) is 1.43. The molecule has 0 fully saturated rings. The lowest BCUT2D eigenvalue weighted by atomic mass is 10.1. The molecule has 1 N–H and O–H groups in total. The first-order valence-corrected chi connectivity index (χ1v) is 5.11. The SMILES string of the molecule is CC(C)NC(Cc1ccncc1)C(F)(F)F. The molecule has 5 heteroatoms. The van der Waals surface area contributed by atoms with Crippen LogP contribution in [0.4, 0.5) is 13.2 Å². The Morgan fingerprint density at radius 2 is 1.81 bits per heavy atom. The monoisotopic (exact) mass is 232 g/mol. The maximum atomic E-state index is 12.7. The Balaban J connectivity index is 2.72. The highest BCUT2D eigenvalue weighted by Gasteiger charge is 2.39. The quantitative estimate of drug-likeness (QED) is 0.863. The van der Waals surface area contributed by atoms with Gasteiger partial charge in [-0.3, -0.25) is 4.98 Å². The lowest BCUT2D eigenvalue weighted by Gasteiger charge is -2.23. The number of nitrogens with one attached hydrogen (secondary N) is 1. The van der Waals surface area contributed by atoms with Crippen LogP contribution in [0.2, 0.25) is 0 Å². The highest BCUT2D eigenvalue weighted by atomic mass is 19.4. The molecule has 1 heterocycles. The van der Waals surface area contributed by atoms with Crippen LogP contribution in [0.25, 0.3) is 0 Å². The van der Waals surface area contributed by atoms with Crippen LogP contribution in [-0.2, 0) is 6.42 Å². The number of nitrogens with zero attached hydrogens (tertiary/aromatic N) is 1. The maximum Gasteiger partial charge on any atom is 0.404 e. The summed E-state index contributed by atoms with van der Waals surface area (Å²) in [5.41, 5.74) is 0.630. The number of halogens is 3. The Morgan fingerprint density at radius 3 is 2.25 bits per heavy atom. The van der Waals surface area contributed by atoms with E-state index in [-0.39, 0.29) is 12.5 Å². The van der Waals surface area contributed by atoms with Crippen LogP contribution >= 0.6 is 0 Å². The van der Waals surface area contributed by atoms with E-state index in [1.807, 2.05) is 0 Å². The summed E-state index contributed by atoms with van der Waals surface area (Å²) in [6.07, 6.45) is -1.30. The second-order valence-electron chi connectivity index (χ2n) is 3.98. The normalized spacial score (nSPS) is 14.1. The van der Waals surface area contributed by atoms with Gasteiger partial charge in [-0.05, 0) is 24.1 Å². The zero-order valence-corrected chi connectivity index (χ0v) is 9.25. The van der Waals surface area contributed by atoms with E-state index in [0.717, 1.165) is 0 Å². The fraction of sp³-hybridized carbons (Fsp3) is 0.545. The van der Waals surface area contributed by atoms with Gasteiger partial charge < -0.3 is 5.32 Å². The van der Waals surface area contributed by atoms with E-state index >= 15 is 0 Å². The van der Waals surface area contributed by atoms with Crippen molar-refractivity contribution in [3.05, 3.63) is 30.1 Å². The van der Waals surface area contributed by atoms with E-state index in [4.69, 9.17) is 0 Å². The Morgan fingerprint density at radius 1 is 1.25 bits per heavy atom. The van der Waals surface area contributed by atoms with Crippen molar-refractivity contribution in [1.82, 2.24) is 10.3 Å². The van der Waals surface area contributed by atoms with Gasteiger partial charge in [-0.2, -0.15) is 13.2 Å². The number of pyridine rings is 1. The lowest BCUT2D eigenvalue weighted by Crippen LogP contribution is -2.46. The molecule has 2 nitrogen and oxygen atoms in total. The molecular weight excluding hydrogens is 217 g/mol. The molecule has 1 atom stereocenters. The van der Waals surface area contributed by atoms with Crippen molar-refractivity contribution < 1.29 is 13.2 Å². The summed E-state index contributed by atoms with van der Waals surface area (Å²) in [5.74, 6) is 0. The van der Waals surface area contributed by atoms with E-state index in [1.165, 1.54) is 12.4 Å². The summed E-state index contributed by atoms with van der Waals surface area (Å²) in [6, 6.07) is 1.49. The van der Waals surface area contributed by atoms with Gasteiger partial charge in [0.1, 0.15) is 6.04 Å². The van der Waals surface area contributed by atoms with Crippen LogP contribution in [0.5, 0.6) is 0 Å². The fourth-order valence-corrected chi connectivity index (χ4v) is 1.43. The van der Waals surface area contributed by atoms with Gasteiger partial charge in [0, 0.05) is 18.4 Å². The van der Waals surface area contributed by atoms with Gasteiger partial charge >= 0.3 is 6.18 Å². The first-order valence-electron chi connectivity index (χ1n) is 5.11. The largest absolute Gasteiger partial charge is 0.404 e. The minimum Gasteiger partial charge on any atom is -0.304 e. The Labute approximate surface area is 92.9 Å². The topological polar surface area (TPSA) is 24.9 Å². The van der Waals surface area contributed by atoms with Crippen molar-refractivity contribution in [2.45, 2.75) is 38.5 Å². The van der Waals surface area contributed by atoms with E-state index < -0.39 is 12.2 Å². The molecule has 0 spiro atoms. The average Bonchev–Trinajstić information content (AvgIpc) is 2.16. The molecule has 0 amide bonds. The molecule has 0 saturated carbocycles. The van der Waals surface area contributed by atoms with Crippen molar-refractivity contribution in [3.8, 4) is 0 Å². The van der Waals surface area contributed by atoms with Crippen molar-refractivity contribution in [2.75, 3.05) is 0 Å². The van der Waals surface area contributed by atoms with Crippen LogP contribution in [0.15, 0.2) is 24.5 Å². The average molecular weight is 232 g/mol. The summed E-state index contributed by atoms with van der Waals surface area (Å²) in [5, 5.41) is 2.52. The molecule has 1 unspecified atom stereocenters. The molecule has 0 saturated heterocycles. The number of hydrogen-bond donors (Lipinski definition) is 1. The molecule has 1 rings (SSSR count). The van der Waals surface area contributed by atoms with Gasteiger partial charge in [-0.15, -0.1) is 0 Å². The predicted molar refractivity (Wildman–Crippen MR) is 56.1 cm³/mol. The molecule has 0 radical (unpaired) electrons. The number of rotatable bonds is 4. The maximum absolute atomic E-state index is 12.7. The van der Waals surface area contributed by atoms with E-state index in [1.54, 1.807) is 26.0 Å². The van der Waals surface area contributed by atoms with Crippen molar-refractivity contribution >= 4 is 0 Å². The highest BCUT2D eigenvalue weighted by molar-refractivity contribution is 5.12. The number of aromatic nitrogens is 1. The minimum absolute atomic E-state index is 0.0653. The summed E-state index contributed by atoms with van der Waals surface area (Å²) in [6.45, 7) is 3.40. The molecular formula is C11H15F3N2. The summed E-state index contributed by atoms with van der Waals surface area (Å²) < 4.78 is 38.1. The molecule has 0 bridgehead atoms. The van der Waals surface area contributed by atoms with Crippen molar-refractivity contribution in [1.29, 1.82) is 0 Å². The first-order chi connectivity index (χ1) is 7.39. The van der Waals surface area contributed by atoms with Gasteiger partial charge in [-0.25, -0.2) is 0 Å². The van der Waals surface area contributed by atoms with Gasteiger partial charge in [0.2, 0.25) is 0 Å². The van der Waals surface area contributed by atoms with E-state index in [0.29, 0.717) is 5.56 Å². The van der Waals surface area contributed by atoms with E-state index in [9.17, 15) is 13.2 Å². The minimum atomic E-state index is -4.23. The molecule has 16 heavy (non-hydrogen) atoms. The lowest BCUT2D eigenvalue weighted by molar-refractivity contribution is -0.156. The highest BCUT2D eigenvalue weighted by Crippen LogP contribution is 2.23. The zero-order chi connectivity index (χ0) is 12.2. The van der Waals surface area contributed by atoms with Gasteiger partial charge in [0.25, 0.3) is 0 Å². The second kappa shape index (κ2) is 5.30. The third-order valence-electron chi connectivity index (χ3n) is 2.12. The van der Waals surface area contributed by atoms with Gasteiger partial charge in [0.15, 0.2) is 0 Å². The standard InChI is InChI=1S/C11H15F3N2/c1-8(2)16-10(11(12,13)14)7-9-3-5-15-6-4-9/h3-6,8,10,16H,7H2,1-2H3. The third kappa shape index (κ3) is 4.18. The van der Waals surface area contributed by atoms with Crippen LogP contribution in [0.1, 0.15) is 19.4 Å². The number of alkyl halides is 3. The predicted octanol–water partition coefficient (Wildman–Crippen LogP) is 2.55. The van der Waals surface area contributed by atoms with Crippen molar-refractivity contribution in [2.24, 2.45) is 0 Å². The molecule has 1 aromatic rings. The zero-order valence-electron chi connectivity index (χ0n) is 9.25. The molecule has 0 aliphatic rings. The third-order valence-corrected chi connectivity index (χ3v) is 2.12. The summed E-state index contributed by atoms with van der Waals surface area (Å²) in [7, 11) is 0. The molecule has 0 aliphatic carbocycles. The Kier molecular flexibility index (Phi) is 4.29. The van der Waals surface area contributed by atoms with Crippen LogP contribution in [-0.4, -0.2) is 23.2 Å². The van der Waals surface area contributed by atoms with Gasteiger partial charge in [0.05, 0.1) is 0 Å². The first kappa shape index (κ1) is 13.0. The van der Waals surface area contributed by atoms with Gasteiger partial charge in [-0.1, -0.05) is 13.8 Å². The summed E-state index contributed by atoms with van der Waals surface area (Å²) in [4.78, 5) is 3.77. The molecule has 0 aliphatic heterocycles. The van der Waals surface area contributed by atoms with Crippen LogP contribution in [0.3, 0.4) is 0 Å².